The largest absolute Gasteiger partial charge is 0.416 e. The van der Waals surface area contributed by atoms with Gasteiger partial charge in [-0.1, -0.05) is 6.07 Å². The number of alkyl halides is 6. The third-order valence-electron chi connectivity index (χ3n) is 1.77. The van der Waals surface area contributed by atoms with Crippen LogP contribution in [0.15, 0.2) is 18.2 Å². The van der Waals surface area contributed by atoms with Crippen LogP contribution in [0.2, 0.25) is 0 Å². The van der Waals surface area contributed by atoms with Crippen molar-refractivity contribution in [1.29, 1.82) is 0 Å². The lowest BCUT2D eigenvalue weighted by atomic mass is 10.0. The highest BCUT2D eigenvalue weighted by molar-refractivity contribution is 14.1. The van der Waals surface area contributed by atoms with Crippen molar-refractivity contribution in [2.45, 2.75) is 18.8 Å². The van der Waals surface area contributed by atoms with Gasteiger partial charge in [-0.3, -0.25) is 0 Å². The number of hydrogen-bond acceptors (Lipinski definition) is 0. The molecule has 1 aromatic carbocycles. The molecule has 0 nitrogen and oxygen atoms in total. The van der Waals surface area contributed by atoms with E-state index < -0.39 is 29.9 Å². The van der Waals surface area contributed by atoms with E-state index in [0.717, 1.165) is 6.07 Å². The molecule has 0 fully saturated rings. The minimum Gasteiger partial charge on any atom is -0.171 e. The predicted molar refractivity (Wildman–Crippen MR) is 53.9 cm³/mol. The molecule has 0 bridgehead atoms. The van der Waals surface area contributed by atoms with E-state index >= 15 is 0 Å². The van der Waals surface area contributed by atoms with Gasteiger partial charge in [0.15, 0.2) is 0 Å². The van der Waals surface area contributed by atoms with E-state index in [0.29, 0.717) is 6.07 Å². The molecule has 90 valence electrons. The number of rotatable bonds is 1. The van der Waals surface area contributed by atoms with E-state index in [9.17, 15) is 26.3 Å². The van der Waals surface area contributed by atoms with E-state index in [2.05, 4.69) is 0 Å². The quantitative estimate of drug-likeness (QED) is 0.518. The first-order valence-electron chi connectivity index (χ1n) is 4.02. The Balaban J connectivity index is 3.19. The zero-order chi connectivity index (χ0) is 12.6. The fraction of sp³-hybridized carbons (Fsp3) is 0.333. The topological polar surface area (TPSA) is 0 Å². The van der Waals surface area contributed by atoms with Gasteiger partial charge in [0, 0.05) is 3.57 Å². The first-order chi connectivity index (χ1) is 7.09. The summed E-state index contributed by atoms with van der Waals surface area (Å²) in [6.45, 7) is 0. The van der Waals surface area contributed by atoms with E-state index in [4.69, 9.17) is 0 Å². The summed E-state index contributed by atoms with van der Waals surface area (Å²) in [5.41, 5.74) is -1.97. The molecule has 0 saturated carbocycles. The van der Waals surface area contributed by atoms with E-state index in [1.807, 2.05) is 0 Å². The van der Waals surface area contributed by atoms with Crippen molar-refractivity contribution in [3.05, 3.63) is 32.9 Å². The summed E-state index contributed by atoms with van der Waals surface area (Å²) in [7, 11) is 0. The lowest BCUT2D eigenvalue weighted by Crippen LogP contribution is -2.17. The minimum absolute atomic E-state index is 0.246. The molecule has 1 rings (SSSR count). The van der Waals surface area contributed by atoms with Crippen LogP contribution in [0.3, 0.4) is 0 Å². The van der Waals surface area contributed by atoms with Gasteiger partial charge in [0.05, 0.1) is 12.0 Å². The highest BCUT2D eigenvalue weighted by Gasteiger charge is 2.37. The molecule has 0 amide bonds. The molecule has 1 aromatic rings. The lowest BCUT2D eigenvalue weighted by molar-refractivity contribution is -0.143. The first-order valence-corrected chi connectivity index (χ1v) is 5.10. The molecule has 0 aliphatic rings. The molecule has 0 atom stereocenters. The molecular weight excluding hydrogens is 349 g/mol. The molecule has 16 heavy (non-hydrogen) atoms. The van der Waals surface area contributed by atoms with Crippen LogP contribution >= 0.6 is 22.6 Å². The van der Waals surface area contributed by atoms with Gasteiger partial charge in [0.1, 0.15) is 0 Å². The van der Waals surface area contributed by atoms with Crippen molar-refractivity contribution in [3.8, 4) is 0 Å². The van der Waals surface area contributed by atoms with Crippen molar-refractivity contribution in [3.63, 3.8) is 0 Å². The third kappa shape index (κ3) is 3.84. The Morgan fingerprint density at radius 2 is 1.56 bits per heavy atom. The van der Waals surface area contributed by atoms with Crippen LogP contribution in [0.1, 0.15) is 11.1 Å². The van der Waals surface area contributed by atoms with Crippen LogP contribution in [-0.2, 0) is 12.6 Å². The van der Waals surface area contributed by atoms with Gasteiger partial charge in [-0.25, -0.2) is 0 Å². The van der Waals surface area contributed by atoms with Crippen molar-refractivity contribution in [2.75, 3.05) is 0 Å². The summed E-state index contributed by atoms with van der Waals surface area (Å²) in [5, 5.41) is 0. The maximum absolute atomic E-state index is 12.4. The zero-order valence-corrected chi connectivity index (χ0v) is 9.74. The normalized spacial score (nSPS) is 12.9. The maximum atomic E-state index is 12.4. The average Bonchev–Trinajstić information content (AvgIpc) is 2.04. The van der Waals surface area contributed by atoms with Gasteiger partial charge in [-0.15, -0.1) is 0 Å². The molecular formula is C9H5F6I. The van der Waals surface area contributed by atoms with Gasteiger partial charge in [-0.05, 0) is 40.3 Å². The molecule has 0 unspecified atom stereocenters. The van der Waals surface area contributed by atoms with Crippen LogP contribution in [0, 0.1) is 3.57 Å². The van der Waals surface area contributed by atoms with Crippen molar-refractivity contribution >= 4 is 22.6 Å². The SMILES string of the molecule is FC(F)(F)Cc1ccc(I)cc1C(F)(F)F. The summed E-state index contributed by atoms with van der Waals surface area (Å²) in [4.78, 5) is 0. The Hall–Kier alpha value is -0.470. The maximum Gasteiger partial charge on any atom is 0.416 e. The summed E-state index contributed by atoms with van der Waals surface area (Å²) in [6, 6.07) is 2.79. The number of benzene rings is 1. The van der Waals surface area contributed by atoms with Crippen LogP contribution in [-0.4, -0.2) is 6.18 Å². The highest BCUT2D eigenvalue weighted by Crippen LogP contribution is 2.35. The Kier molecular flexibility index (Phi) is 3.76. The lowest BCUT2D eigenvalue weighted by Gasteiger charge is -2.14. The highest BCUT2D eigenvalue weighted by atomic mass is 127. The van der Waals surface area contributed by atoms with E-state index in [-0.39, 0.29) is 3.57 Å². The number of halogens is 7. The monoisotopic (exact) mass is 354 g/mol. The summed E-state index contributed by atoms with van der Waals surface area (Å²) < 4.78 is 73.7. The molecule has 0 aliphatic carbocycles. The summed E-state index contributed by atoms with van der Waals surface area (Å²) in [5.74, 6) is 0. The Labute approximate surface area is 101 Å². The smallest absolute Gasteiger partial charge is 0.171 e. The second kappa shape index (κ2) is 4.42. The molecule has 0 aromatic heterocycles. The minimum atomic E-state index is -4.76. The van der Waals surface area contributed by atoms with Gasteiger partial charge >= 0.3 is 12.4 Å². The average molecular weight is 354 g/mol. The fourth-order valence-corrected chi connectivity index (χ4v) is 1.67. The van der Waals surface area contributed by atoms with Gasteiger partial charge in [-0.2, -0.15) is 26.3 Å². The van der Waals surface area contributed by atoms with Crippen molar-refractivity contribution < 1.29 is 26.3 Å². The van der Waals surface area contributed by atoms with Crippen molar-refractivity contribution in [2.24, 2.45) is 0 Å². The van der Waals surface area contributed by atoms with Crippen LogP contribution < -0.4 is 0 Å². The molecule has 0 saturated heterocycles. The second-order valence-corrected chi connectivity index (χ2v) is 4.34. The van der Waals surface area contributed by atoms with Crippen LogP contribution in [0.5, 0.6) is 0 Å². The van der Waals surface area contributed by atoms with E-state index in [1.54, 1.807) is 22.6 Å². The second-order valence-electron chi connectivity index (χ2n) is 3.09. The summed E-state index contributed by atoms with van der Waals surface area (Å²) >= 11 is 1.62. The van der Waals surface area contributed by atoms with Gasteiger partial charge < -0.3 is 0 Å². The summed E-state index contributed by atoms with van der Waals surface area (Å²) in [6.07, 6.45) is -11.0. The Morgan fingerprint density at radius 1 is 1.00 bits per heavy atom. The standard InChI is InChI=1S/C9H5F6I/c10-8(11,12)4-5-1-2-6(16)3-7(5)9(13,14)15/h1-3H,4H2. The molecule has 0 spiro atoms. The molecule has 0 N–H and O–H groups in total. The molecule has 0 aliphatic heterocycles. The van der Waals surface area contributed by atoms with Crippen LogP contribution in [0.25, 0.3) is 0 Å². The van der Waals surface area contributed by atoms with Crippen LogP contribution in [0.4, 0.5) is 26.3 Å². The van der Waals surface area contributed by atoms with E-state index in [1.165, 1.54) is 6.07 Å². The van der Waals surface area contributed by atoms with Crippen molar-refractivity contribution in [1.82, 2.24) is 0 Å². The fourth-order valence-electron chi connectivity index (χ4n) is 1.18. The van der Waals surface area contributed by atoms with Gasteiger partial charge in [0.2, 0.25) is 0 Å². The number of hydrogen-bond donors (Lipinski definition) is 0. The Bertz CT molecular complexity index is 379. The third-order valence-corrected chi connectivity index (χ3v) is 2.44. The van der Waals surface area contributed by atoms with Gasteiger partial charge in [0.25, 0.3) is 0 Å². The predicted octanol–water partition coefficient (Wildman–Crippen LogP) is 4.41. The molecule has 7 heteroatoms. The molecule has 0 radical (unpaired) electrons. The molecule has 0 heterocycles. The first kappa shape index (κ1) is 13.6. The Morgan fingerprint density at radius 3 is 2.00 bits per heavy atom. The zero-order valence-electron chi connectivity index (χ0n) is 7.58.